The Kier molecular flexibility index (Phi) is 4.59. The van der Waals surface area contributed by atoms with Crippen LogP contribution in [-0.2, 0) is 6.54 Å². The molecular formula is C16H16BrN3OS. The first-order chi connectivity index (χ1) is 10.6. The largest absolute Gasteiger partial charge is 0.348 e. The van der Waals surface area contributed by atoms with Crippen LogP contribution in [-0.4, -0.2) is 18.2 Å². The zero-order valence-corrected chi connectivity index (χ0v) is 14.6. The Morgan fingerprint density at radius 3 is 2.77 bits per heavy atom. The average Bonchev–Trinajstić information content (AvgIpc) is 3.13. The van der Waals surface area contributed by atoms with E-state index in [-0.39, 0.29) is 5.91 Å². The number of hydrogen-bond donors (Lipinski definition) is 1. The summed E-state index contributed by atoms with van der Waals surface area (Å²) in [7, 11) is 0. The fraction of sp³-hybridized carbons (Fsp3) is 0.250. The minimum Gasteiger partial charge on any atom is -0.348 e. The van der Waals surface area contributed by atoms with Crippen LogP contribution in [0.5, 0.6) is 0 Å². The standard InChI is InChI=1S/C16H16BrN3OS/c1-11-6-7-20(19-11)14-4-2-13(3-5-14)16(21)18-9-12-8-15(17)22-10-12/h2-5,8,10H,6-7,9H2,1H3,(H,18,21). The van der Waals surface area contributed by atoms with Crippen LogP contribution < -0.4 is 10.3 Å². The lowest BCUT2D eigenvalue weighted by molar-refractivity contribution is 0.0951. The van der Waals surface area contributed by atoms with Crippen molar-refractivity contribution < 1.29 is 4.79 Å². The summed E-state index contributed by atoms with van der Waals surface area (Å²) in [6.07, 6.45) is 0.998. The molecular weight excluding hydrogens is 362 g/mol. The topological polar surface area (TPSA) is 44.7 Å². The summed E-state index contributed by atoms with van der Waals surface area (Å²) < 4.78 is 1.07. The van der Waals surface area contributed by atoms with Crippen LogP contribution in [0, 0.1) is 0 Å². The second kappa shape index (κ2) is 6.62. The molecule has 0 saturated carbocycles. The van der Waals surface area contributed by atoms with E-state index in [1.807, 2.05) is 47.6 Å². The van der Waals surface area contributed by atoms with E-state index in [1.54, 1.807) is 11.3 Å². The molecule has 0 unspecified atom stereocenters. The van der Waals surface area contributed by atoms with Gasteiger partial charge in [0.15, 0.2) is 0 Å². The lowest BCUT2D eigenvalue weighted by Gasteiger charge is -2.13. The minimum absolute atomic E-state index is 0.0602. The molecule has 114 valence electrons. The van der Waals surface area contributed by atoms with Crippen molar-refractivity contribution in [2.24, 2.45) is 5.10 Å². The number of halogens is 1. The smallest absolute Gasteiger partial charge is 0.251 e. The van der Waals surface area contributed by atoms with Crippen molar-refractivity contribution in [3.05, 3.63) is 50.6 Å². The van der Waals surface area contributed by atoms with Crippen molar-refractivity contribution in [1.82, 2.24) is 5.32 Å². The summed E-state index contributed by atoms with van der Waals surface area (Å²) in [6, 6.07) is 9.59. The lowest BCUT2D eigenvalue weighted by Crippen LogP contribution is -2.22. The second-order valence-corrected chi connectivity index (χ2v) is 7.49. The Balaban J connectivity index is 1.61. The highest BCUT2D eigenvalue weighted by Gasteiger charge is 2.13. The normalized spacial score (nSPS) is 14.1. The Hall–Kier alpha value is -1.66. The van der Waals surface area contributed by atoms with Crippen LogP contribution in [0.25, 0.3) is 0 Å². The Labute approximate surface area is 142 Å². The van der Waals surface area contributed by atoms with Gasteiger partial charge in [-0.05, 0) is 64.1 Å². The molecule has 22 heavy (non-hydrogen) atoms. The van der Waals surface area contributed by atoms with Crippen LogP contribution in [0.1, 0.15) is 29.3 Å². The number of carbonyl (C=O) groups is 1. The first-order valence-electron chi connectivity index (χ1n) is 7.04. The van der Waals surface area contributed by atoms with Gasteiger partial charge in [-0.3, -0.25) is 9.80 Å². The van der Waals surface area contributed by atoms with Crippen molar-refractivity contribution in [3.8, 4) is 0 Å². The molecule has 4 nitrogen and oxygen atoms in total. The maximum Gasteiger partial charge on any atom is 0.251 e. The molecule has 0 aliphatic carbocycles. The van der Waals surface area contributed by atoms with Crippen molar-refractivity contribution in [2.45, 2.75) is 19.9 Å². The molecule has 3 rings (SSSR count). The van der Waals surface area contributed by atoms with Crippen molar-refractivity contribution in [2.75, 3.05) is 11.6 Å². The average molecular weight is 378 g/mol. The van der Waals surface area contributed by atoms with Crippen LogP contribution in [0.4, 0.5) is 5.69 Å². The molecule has 0 radical (unpaired) electrons. The van der Waals surface area contributed by atoms with E-state index < -0.39 is 0 Å². The van der Waals surface area contributed by atoms with E-state index in [9.17, 15) is 4.79 Å². The van der Waals surface area contributed by atoms with Gasteiger partial charge in [0.05, 0.1) is 9.47 Å². The number of nitrogens with one attached hydrogen (secondary N) is 1. The molecule has 1 aliphatic rings. The summed E-state index contributed by atoms with van der Waals surface area (Å²) in [6.45, 7) is 3.48. The highest BCUT2D eigenvalue weighted by molar-refractivity contribution is 9.11. The molecule has 1 aromatic carbocycles. The fourth-order valence-electron chi connectivity index (χ4n) is 2.27. The van der Waals surface area contributed by atoms with Crippen molar-refractivity contribution in [3.63, 3.8) is 0 Å². The Morgan fingerprint density at radius 2 is 2.18 bits per heavy atom. The first kappa shape index (κ1) is 15.2. The van der Waals surface area contributed by atoms with E-state index in [0.717, 1.165) is 33.7 Å². The number of carbonyl (C=O) groups excluding carboxylic acids is 1. The molecule has 6 heteroatoms. The van der Waals surface area contributed by atoms with Gasteiger partial charge < -0.3 is 5.32 Å². The van der Waals surface area contributed by atoms with Gasteiger partial charge in [0.1, 0.15) is 0 Å². The third-order valence-electron chi connectivity index (χ3n) is 3.48. The number of amides is 1. The molecule has 1 aromatic heterocycles. The zero-order chi connectivity index (χ0) is 15.5. The summed E-state index contributed by atoms with van der Waals surface area (Å²) in [5.74, 6) is -0.0602. The number of benzene rings is 1. The number of nitrogens with zero attached hydrogens (tertiary/aromatic N) is 2. The van der Waals surface area contributed by atoms with E-state index in [1.165, 1.54) is 0 Å². The van der Waals surface area contributed by atoms with E-state index in [2.05, 4.69) is 26.3 Å². The molecule has 1 aliphatic heterocycles. The fourth-order valence-corrected chi connectivity index (χ4v) is 3.48. The third kappa shape index (κ3) is 3.56. The lowest BCUT2D eigenvalue weighted by atomic mass is 10.2. The molecule has 2 aromatic rings. The van der Waals surface area contributed by atoms with Gasteiger partial charge in [-0.15, -0.1) is 11.3 Å². The molecule has 0 saturated heterocycles. The van der Waals surface area contributed by atoms with E-state index >= 15 is 0 Å². The van der Waals surface area contributed by atoms with Gasteiger partial charge in [0, 0.05) is 30.8 Å². The number of rotatable bonds is 4. The maximum absolute atomic E-state index is 12.1. The zero-order valence-electron chi connectivity index (χ0n) is 12.2. The van der Waals surface area contributed by atoms with Crippen LogP contribution in [0.2, 0.25) is 0 Å². The van der Waals surface area contributed by atoms with Gasteiger partial charge in [0.2, 0.25) is 0 Å². The molecule has 0 atom stereocenters. The monoisotopic (exact) mass is 377 g/mol. The molecule has 0 bridgehead atoms. The number of anilines is 1. The molecule has 0 fully saturated rings. The minimum atomic E-state index is -0.0602. The third-order valence-corrected chi connectivity index (χ3v) is 5.03. The van der Waals surface area contributed by atoms with E-state index in [4.69, 9.17) is 0 Å². The summed E-state index contributed by atoms with van der Waals surface area (Å²) >= 11 is 5.03. The van der Waals surface area contributed by atoms with Gasteiger partial charge in [-0.25, -0.2) is 0 Å². The SMILES string of the molecule is CC1=NN(c2ccc(C(=O)NCc3csc(Br)c3)cc2)CC1. The van der Waals surface area contributed by atoms with Crippen LogP contribution in [0.3, 0.4) is 0 Å². The first-order valence-corrected chi connectivity index (χ1v) is 8.72. The molecule has 1 N–H and O–H groups in total. The predicted octanol–water partition coefficient (Wildman–Crippen LogP) is 4.03. The number of hydrazone groups is 1. The maximum atomic E-state index is 12.1. The Bertz CT molecular complexity index is 708. The van der Waals surface area contributed by atoms with Crippen LogP contribution in [0.15, 0.2) is 44.6 Å². The van der Waals surface area contributed by atoms with Gasteiger partial charge in [-0.2, -0.15) is 5.10 Å². The Morgan fingerprint density at radius 1 is 1.41 bits per heavy atom. The van der Waals surface area contributed by atoms with Gasteiger partial charge in [-0.1, -0.05) is 0 Å². The summed E-state index contributed by atoms with van der Waals surface area (Å²) in [5, 5.41) is 11.4. The van der Waals surface area contributed by atoms with Crippen molar-refractivity contribution >= 4 is 44.6 Å². The molecule has 0 spiro atoms. The predicted molar refractivity (Wildman–Crippen MR) is 94.7 cm³/mol. The quantitative estimate of drug-likeness (QED) is 0.873. The summed E-state index contributed by atoms with van der Waals surface area (Å²) in [4.78, 5) is 12.1. The molecule has 2 heterocycles. The van der Waals surface area contributed by atoms with Gasteiger partial charge in [0.25, 0.3) is 5.91 Å². The highest BCUT2D eigenvalue weighted by atomic mass is 79.9. The number of thiophene rings is 1. The summed E-state index contributed by atoms with van der Waals surface area (Å²) in [5.41, 5.74) is 3.93. The highest BCUT2D eigenvalue weighted by Crippen LogP contribution is 2.21. The van der Waals surface area contributed by atoms with Crippen LogP contribution >= 0.6 is 27.3 Å². The molecule has 1 amide bonds. The van der Waals surface area contributed by atoms with E-state index in [0.29, 0.717) is 12.1 Å². The second-order valence-electron chi connectivity index (χ2n) is 5.20. The van der Waals surface area contributed by atoms with Crippen molar-refractivity contribution in [1.29, 1.82) is 0 Å². The van der Waals surface area contributed by atoms with Gasteiger partial charge >= 0.3 is 0 Å². The number of hydrogen-bond acceptors (Lipinski definition) is 4.